The van der Waals surface area contributed by atoms with Crippen molar-refractivity contribution in [1.29, 1.82) is 0 Å². The number of nitrogens with zero attached hydrogens (tertiary/aromatic N) is 1. The Hall–Kier alpha value is -0.910. The number of aromatic nitrogens is 1. The summed E-state index contributed by atoms with van der Waals surface area (Å²) in [7, 11) is 0. The molecule has 21 heavy (non-hydrogen) atoms. The minimum Gasteiger partial charge on any atom is -0.487 e. The van der Waals surface area contributed by atoms with Crippen LogP contribution >= 0.6 is 31.9 Å². The third kappa shape index (κ3) is 5.41. The Kier molecular flexibility index (Phi) is 6.67. The fraction of sp³-hybridized carbons (Fsp3) is 0.312. The van der Waals surface area contributed by atoms with Crippen molar-refractivity contribution in [2.75, 3.05) is 6.54 Å². The third-order valence-corrected chi connectivity index (χ3v) is 4.18. The van der Waals surface area contributed by atoms with E-state index in [0.717, 1.165) is 39.9 Å². The smallest absolute Gasteiger partial charge is 0.130 e. The van der Waals surface area contributed by atoms with Gasteiger partial charge in [0.25, 0.3) is 0 Å². The summed E-state index contributed by atoms with van der Waals surface area (Å²) in [4.78, 5) is 4.30. The van der Waals surface area contributed by atoms with Crippen molar-refractivity contribution < 1.29 is 4.74 Å². The van der Waals surface area contributed by atoms with Gasteiger partial charge in [0.05, 0.1) is 5.69 Å². The maximum absolute atomic E-state index is 5.81. The summed E-state index contributed by atoms with van der Waals surface area (Å²) in [5.74, 6) is 0.858. The van der Waals surface area contributed by atoms with Gasteiger partial charge in [0, 0.05) is 21.7 Å². The molecule has 2 aromatic rings. The lowest BCUT2D eigenvalue weighted by atomic mass is 10.2. The Balaban J connectivity index is 1.96. The summed E-state index contributed by atoms with van der Waals surface area (Å²) in [5, 5.41) is 3.40. The molecule has 0 aliphatic heterocycles. The van der Waals surface area contributed by atoms with Crippen LogP contribution in [0.4, 0.5) is 0 Å². The van der Waals surface area contributed by atoms with Gasteiger partial charge in [-0.1, -0.05) is 22.9 Å². The first-order valence-electron chi connectivity index (χ1n) is 6.91. The largest absolute Gasteiger partial charge is 0.487 e. The first-order chi connectivity index (χ1) is 10.2. The van der Waals surface area contributed by atoms with E-state index >= 15 is 0 Å². The summed E-state index contributed by atoms with van der Waals surface area (Å²) in [5.41, 5.74) is 2.11. The van der Waals surface area contributed by atoms with Crippen molar-refractivity contribution >= 4 is 31.9 Å². The second-order valence-electron chi connectivity index (χ2n) is 4.69. The van der Waals surface area contributed by atoms with Crippen LogP contribution in [0.15, 0.2) is 45.5 Å². The second-order valence-corrected chi connectivity index (χ2v) is 6.46. The van der Waals surface area contributed by atoms with Crippen molar-refractivity contribution in [3.05, 3.63) is 56.7 Å². The Morgan fingerprint density at radius 1 is 1.19 bits per heavy atom. The zero-order chi connectivity index (χ0) is 15.1. The molecule has 0 unspecified atom stereocenters. The van der Waals surface area contributed by atoms with Crippen LogP contribution in [-0.2, 0) is 13.2 Å². The summed E-state index contributed by atoms with van der Waals surface area (Å²) in [6.45, 7) is 4.48. The van der Waals surface area contributed by atoms with Crippen LogP contribution in [-0.4, -0.2) is 11.5 Å². The molecule has 2 rings (SSSR count). The molecule has 0 fully saturated rings. The summed E-state index contributed by atoms with van der Waals surface area (Å²) < 4.78 is 7.88. The number of ether oxygens (including phenoxy) is 1. The van der Waals surface area contributed by atoms with E-state index in [1.54, 1.807) is 6.20 Å². The minimum absolute atomic E-state index is 0.469. The Labute approximate surface area is 142 Å². The monoisotopic (exact) mass is 412 g/mol. The normalized spacial score (nSPS) is 10.6. The number of hydrogen-bond acceptors (Lipinski definition) is 3. The number of benzene rings is 1. The molecule has 0 bridgehead atoms. The molecule has 0 radical (unpaired) electrons. The average molecular weight is 414 g/mol. The number of rotatable bonds is 7. The van der Waals surface area contributed by atoms with Crippen LogP contribution < -0.4 is 10.1 Å². The van der Waals surface area contributed by atoms with Gasteiger partial charge in [0.2, 0.25) is 0 Å². The highest BCUT2D eigenvalue weighted by atomic mass is 79.9. The summed E-state index contributed by atoms with van der Waals surface area (Å²) in [6, 6.07) is 9.96. The Bertz CT molecular complexity index is 573. The molecule has 0 spiro atoms. The lowest BCUT2D eigenvalue weighted by Crippen LogP contribution is -2.14. The van der Waals surface area contributed by atoms with Gasteiger partial charge < -0.3 is 10.1 Å². The SMILES string of the molecule is CCCNCc1cc(OCc2ccc(Br)cn2)ccc1Br. The molecule has 3 nitrogen and oxygen atoms in total. The molecule has 1 heterocycles. The molecular weight excluding hydrogens is 396 g/mol. The fourth-order valence-corrected chi connectivity index (χ4v) is 2.45. The first kappa shape index (κ1) is 16.5. The molecule has 1 aromatic heterocycles. The van der Waals surface area contributed by atoms with Crippen molar-refractivity contribution in [3.63, 3.8) is 0 Å². The number of halogens is 2. The van der Waals surface area contributed by atoms with E-state index < -0.39 is 0 Å². The molecule has 0 saturated heterocycles. The van der Waals surface area contributed by atoms with Crippen LogP contribution in [0.1, 0.15) is 24.6 Å². The number of pyridine rings is 1. The predicted molar refractivity (Wildman–Crippen MR) is 92.4 cm³/mol. The standard InChI is InChI=1S/C16H18Br2N2O/c1-2-7-19-9-12-8-15(5-6-16(12)18)21-11-14-4-3-13(17)10-20-14/h3-6,8,10,19H,2,7,9,11H2,1H3. The molecule has 112 valence electrons. The Morgan fingerprint density at radius 3 is 2.76 bits per heavy atom. The maximum atomic E-state index is 5.81. The zero-order valence-corrected chi connectivity index (χ0v) is 15.1. The highest BCUT2D eigenvalue weighted by Gasteiger charge is 2.03. The van der Waals surface area contributed by atoms with E-state index in [2.05, 4.69) is 55.2 Å². The van der Waals surface area contributed by atoms with Gasteiger partial charge in [0.15, 0.2) is 0 Å². The number of nitrogens with one attached hydrogen (secondary N) is 1. The summed E-state index contributed by atoms with van der Waals surface area (Å²) in [6.07, 6.45) is 2.91. The van der Waals surface area contributed by atoms with E-state index in [9.17, 15) is 0 Å². The second kappa shape index (κ2) is 8.51. The van der Waals surface area contributed by atoms with Gasteiger partial charge >= 0.3 is 0 Å². The van der Waals surface area contributed by atoms with E-state index in [1.807, 2.05) is 24.3 Å². The highest BCUT2D eigenvalue weighted by molar-refractivity contribution is 9.10. The van der Waals surface area contributed by atoms with Crippen molar-refractivity contribution in [2.24, 2.45) is 0 Å². The topological polar surface area (TPSA) is 34.1 Å². The van der Waals surface area contributed by atoms with Gasteiger partial charge in [-0.2, -0.15) is 0 Å². The highest BCUT2D eigenvalue weighted by Crippen LogP contribution is 2.23. The fourth-order valence-electron chi connectivity index (χ4n) is 1.83. The van der Waals surface area contributed by atoms with Crippen LogP contribution in [0.5, 0.6) is 5.75 Å². The van der Waals surface area contributed by atoms with Crippen molar-refractivity contribution in [1.82, 2.24) is 10.3 Å². The van der Waals surface area contributed by atoms with Crippen LogP contribution in [0.3, 0.4) is 0 Å². The van der Waals surface area contributed by atoms with Crippen LogP contribution in [0, 0.1) is 0 Å². The lowest BCUT2D eigenvalue weighted by molar-refractivity contribution is 0.301. The molecule has 0 atom stereocenters. The summed E-state index contributed by atoms with van der Waals surface area (Å²) >= 11 is 6.95. The van der Waals surface area contributed by atoms with Crippen molar-refractivity contribution in [2.45, 2.75) is 26.5 Å². The number of hydrogen-bond donors (Lipinski definition) is 1. The average Bonchev–Trinajstić information content (AvgIpc) is 2.49. The van der Waals surface area contributed by atoms with Crippen LogP contribution in [0.2, 0.25) is 0 Å². The van der Waals surface area contributed by atoms with E-state index in [4.69, 9.17) is 4.74 Å². The van der Waals surface area contributed by atoms with E-state index in [1.165, 1.54) is 5.56 Å². The van der Waals surface area contributed by atoms with Crippen LogP contribution in [0.25, 0.3) is 0 Å². The van der Waals surface area contributed by atoms with E-state index in [-0.39, 0.29) is 0 Å². The van der Waals surface area contributed by atoms with Crippen molar-refractivity contribution in [3.8, 4) is 5.75 Å². The molecule has 1 aromatic carbocycles. The lowest BCUT2D eigenvalue weighted by Gasteiger charge is -2.10. The Morgan fingerprint density at radius 2 is 2.05 bits per heavy atom. The molecule has 0 aliphatic rings. The van der Waals surface area contributed by atoms with Gasteiger partial charge in [-0.15, -0.1) is 0 Å². The third-order valence-electron chi connectivity index (χ3n) is 2.93. The molecular formula is C16H18Br2N2O. The van der Waals surface area contributed by atoms with Gasteiger partial charge in [-0.25, -0.2) is 0 Å². The van der Waals surface area contributed by atoms with Gasteiger partial charge in [-0.05, 0) is 64.8 Å². The molecule has 5 heteroatoms. The molecule has 0 aliphatic carbocycles. The quantitative estimate of drug-likeness (QED) is 0.668. The van der Waals surface area contributed by atoms with E-state index in [0.29, 0.717) is 6.61 Å². The first-order valence-corrected chi connectivity index (χ1v) is 8.50. The van der Waals surface area contributed by atoms with Gasteiger partial charge in [0.1, 0.15) is 12.4 Å². The molecule has 1 N–H and O–H groups in total. The zero-order valence-electron chi connectivity index (χ0n) is 11.9. The predicted octanol–water partition coefficient (Wildman–Crippen LogP) is 4.69. The molecule has 0 amide bonds. The van der Waals surface area contributed by atoms with Gasteiger partial charge in [-0.3, -0.25) is 4.98 Å². The maximum Gasteiger partial charge on any atom is 0.130 e. The minimum atomic E-state index is 0.469. The molecule has 0 saturated carbocycles.